The van der Waals surface area contributed by atoms with E-state index >= 15 is 0 Å². The second-order valence-electron chi connectivity index (χ2n) is 7.43. The number of benzene rings is 1. The lowest BCUT2D eigenvalue weighted by Crippen LogP contribution is -2.31. The highest BCUT2D eigenvalue weighted by atomic mass is 16.5. The van der Waals surface area contributed by atoms with Gasteiger partial charge in [-0.3, -0.25) is 4.98 Å². The van der Waals surface area contributed by atoms with Crippen LogP contribution in [0.1, 0.15) is 12.5 Å². The summed E-state index contributed by atoms with van der Waals surface area (Å²) in [5, 5.41) is 23.0. The second-order valence-corrected chi connectivity index (χ2v) is 7.43. The van der Waals surface area contributed by atoms with Crippen LogP contribution in [0.4, 0.5) is 5.82 Å². The first-order valence-electron chi connectivity index (χ1n) is 9.52. The van der Waals surface area contributed by atoms with E-state index < -0.39 is 12.2 Å². The van der Waals surface area contributed by atoms with Crippen molar-refractivity contribution in [3.63, 3.8) is 0 Å². The van der Waals surface area contributed by atoms with Crippen LogP contribution in [0.5, 0.6) is 5.75 Å². The van der Waals surface area contributed by atoms with Crippen molar-refractivity contribution in [2.75, 3.05) is 12.3 Å². The van der Waals surface area contributed by atoms with E-state index in [9.17, 15) is 10.2 Å². The van der Waals surface area contributed by atoms with Crippen molar-refractivity contribution in [3.8, 4) is 5.75 Å². The Balaban J connectivity index is 1.34. The summed E-state index contributed by atoms with van der Waals surface area (Å²) in [6, 6.07) is 11.1. The van der Waals surface area contributed by atoms with Crippen LogP contribution in [0.25, 0.3) is 21.9 Å². The molecule has 1 fully saturated rings. The molecule has 4 aromatic rings. The molecule has 0 amide bonds. The first kappa shape index (κ1) is 17.8. The van der Waals surface area contributed by atoms with Gasteiger partial charge in [0.2, 0.25) is 0 Å². The summed E-state index contributed by atoms with van der Waals surface area (Å²) in [5.74, 6) is 0.867. The van der Waals surface area contributed by atoms with Gasteiger partial charge in [0.25, 0.3) is 0 Å². The third-order valence-electron chi connectivity index (χ3n) is 5.71. The summed E-state index contributed by atoms with van der Waals surface area (Å²) < 4.78 is 7.79. The summed E-state index contributed by atoms with van der Waals surface area (Å²) in [5.41, 5.74) is 7.41. The van der Waals surface area contributed by atoms with Crippen molar-refractivity contribution in [2.24, 2.45) is 5.92 Å². The molecule has 3 aromatic heterocycles. The van der Waals surface area contributed by atoms with Gasteiger partial charge < -0.3 is 25.3 Å². The number of hydrogen-bond acceptors (Lipinski definition) is 7. The number of anilines is 1. The molecule has 1 aliphatic rings. The van der Waals surface area contributed by atoms with E-state index in [-0.39, 0.29) is 12.0 Å². The van der Waals surface area contributed by atoms with Crippen molar-refractivity contribution in [1.82, 2.24) is 19.5 Å². The Morgan fingerprint density at radius 1 is 1.10 bits per heavy atom. The van der Waals surface area contributed by atoms with Crippen LogP contribution in [0, 0.1) is 5.92 Å². The number of ether oxygens (including phenoxy) is 1. The number of pyridine rings is 1. The first-order valence-corrected chi connectivity index (χ1v) is 9.52. The zero-order valence-electron chi connectivity index (χ0n) is 15.6. The SMILES string of the molecule is Nc1ncnc2c1ccn2[C@@H]1C[C@H](COc2ccc3cccnc3c2)[C@@H](O)[C@H]1O. The molecule has 0 spiro atoms. The zero-order valence-corrected chi connectivity index (χ0v) is 15.6. The van der Waals surface area contributed by atoms with Crippen molar-refractivity contribution in [1.29, 1.82) is 0 Å². The lowest BCUT2D eigenvalue weighted by atomic mass is 10.1. The van der Waals surface area contributed by atoms with Gasteiger partial charge in [-0.25, -0.2) is 9.97 Å². The van der Waals surface area contributed by atoms with Crippen LogP contribution in [-0.2, 0) is 0 Å². The third-order valence-corrected chi connectivity index (χ3v) is 5.71. The number of aromatic nitrogens is 4. The average molecular weight is 391 g/mol. The molecule has 3 heterocycles. The van der Waals surface area contributed by atoms with E-state index in [4.69, 9.17) is 10.5 Å². The number of aliphatic hydroxyl groups is 2. The van der Waals surface area contributed by atoms with E-state index in [2.05, 4.69) is 15.0 Å². The Hall–Kier alpha value is -3.23. The van der Waals surface area contributed by atoms with Gasteiger partial charge in [0.15, 0.2) is 0 Å². The minimum atomic E-state index is -0.923. The predicted molar refractivity (Wildman–Crippen MR) is 108 cm³/mol. The maximum atomic E-state index is 10.7. The van der Waals surface area contributed by atoms with E-state index in [0.717, 1.165) is 16.3 Å². The molecular weight excluding hydrogens is 370 g/mol. The van der Waals surface area contributed by atoms with Gasteiger partial charge in [0.1, 0.15) is 29.6 Å². The fourth-order valence-electron chi connectivity index (χ4n) is 4.14. The maximum Gasteiger partial charge on any atom is 0.145 e. The Bertz CT molecular complexity index is 1180. The number of nitrogens with two attached hydrogens (primary N) is 1. The van der Waals surface area contributed by atoms with Gasteiger partial charge >= 0.3 is 0 Å². The topological polar surface area (TPSA) is 119 Å². The summed E-state index contributed by atoms with van der Waals surface area (Å²) in [4.78, 5) is 12.6. The molecule has 1 saturated carbocycles. The summed E-state index contributed by atoms with van der Waals surface area (Å²) in [7, 11) is 0. The standard InChI is InChI=1S/C21H21N5O3/c22-20-15-5-7-26(21(15)25-11-24-20)17-8-13(18(27)19(17)28)10-29-14-4-3-12-2-1-6-23-16(12)9-14/h1-7,9,11,13,17-19,27-28H,8,10H2,(H2,22,24,25)/t13-,17-,18-,19+/m1/s1. The average Bonchev–Trinajstić information content (AvgIpc) is 3.29. The Labute approximate surface area is 166 Å². The van der Waals surface area contributed by atoms with Crippen molar-refractivity contribution >= 4 is 27.8 Å². The molecule has 4 N–H and O–H groups in total. The van der Waals surface area contributed by atoms with Crippen LogP contribution in [0.3, 0.4) is 0 Å². The lowest BCUT2D eigenvalue weighted by Gasteiger charge is -2.19. The van der Waals surface area contributed by atoms with Crippen LogP contribution in [0.2, 0.25) is 0 Å². The van der Waals surface area contributed by atoms with Gasteiger partial charge in [-0.15, -0.1) is 0 Å². The fourth-order valence-corrected chi connectivity index (χ4v) is 4.14. The van der Waals surface area contributed by atoms with Gasteiger partial charge in [0, 0.05) is 29.8 Å². The molecule has 0 aliphatic heterocycles. The predicted octanol–water partition coefficient (Wildman–Crippen LogP) is 1.92. The van der Waals surface area contributed by atoms with Crippen molar-refractivity contribution in [2.45, 2.75) is 24.7 Å². The minimum Gasteiger partial charge on any atom is -0.493 e. The molecule has 8 heteroatoms. The van der Waals surface area contributed by atoms with Crippen LogP contribution >= 0.6 is 0 Å². The fraction of sp³-hybridized carbons (Fsp3) is 0.286. The molecule has 0 bridgehead atoms. The maximum absolute atomic E-state index is 10.7. The van der Waals surface area contributed by atoms with Crippen LogP contribution in [0.15, 0.2) is 55.1 Å². The molecule has 29 heavy (non-hydrogen) atoms. The number of hydrogen-bond donors (Lipinski definition) is 3. The van der Waals surface area contributed by atoms with E-state index in [1.54, 1.807) is 6.20 Å². The van der Waals surface area contributed by atoms with Gasteiger partial charge in [0.05, 0.1) is 29.7 Å². The van der Waals surface area contributed by atoms with Gasteiger partial charge in [-0.1, -0.05) is 6.07 Å². The molecule has 1 aromatic carbocycles. The Morgan fingerprint density at radius 2 is 2.00 bits per heavy atom. The molecule has 148 valence electrons. The van der Waals surface area contributed by atoms with Gasteiger partial charge in [-0.2, -0.15) is 0 Å². The van der Waals surface area contributed by atoms with E-state index in [1.807, 2.05) is 47.2 Å². The molecular formula is C21H21N5O3. The van der Waals surface area contributed by atoms with E-state index in [0.29, 0.717) is 30.2 Å². The molecule has 0 radical (unpaired) electrons. The Kier molecular flexibility index (Phi) is 4.30. The number of nitrogens with zero attached hydrogens (tertiary/aromatic N) is 4. The Morgan fingerprint density at radius 3 is 2.90 bits per heavy atom. The summed E-state index contributed by atoms with van der Waals surface area (Å²) in [6.45, 7) is 0.295. The lowest BCUT2D eigenvalue weighted by molar-refractivity contribution is -0.00141. The number of fused-ring (bicyclic) bond motifs is 2. The minimum absolute atomic E-state index is 0.217. The molecule has 4 atom stereocenters. The third kappa shape index (κ3) is 3.06. The van der Waals surface area contributed by atoms with Crippen molar-refractivity contribution in [3.05, 3.63) is 55.1 Å². The zero-order chi connectivity index (χ0) is 20.0. The monoisotopic (exact) mass is 391 g/mol. The number of aliphatic hydroxyl groups excluding tert-OH is 2. The molecule has 0 saturated heterocycles. The largest absolute Gasteiger partial charge is 0.493 e. The smallest absolute Gasteiger partial charge is 0.145 e. The number of rotatable bonds is 4. The number of nitrogen functional groups attached to an aromatic ring is 1. The second kappa shape index (κ2) is 6.98. The highest BCUT2D eigenvalue weighted by molar-refractivity contribution is 5.86. The molecule has 0 unspecified atom stereocenters. The van der Waals surface area contributed by atoms with Crippen molar-refractivity contribution < 1.29 is 14.9 Å². The van der Waals surface area contributed by atoms with Gasteiger partial charge in [-0.05, 0) is 30.7 Å². The summed E-state index contributed by atoms with van der Waals surface area (Å²) >= 11 is 0. The summed E-state index contributed by atoms with van der Waals surface area (Å²) in [6.07, 6.45) is 3.71. The van der Waals surface area contributed by atoms with Crippen LogP contribution in [-0.4, -0.2) is 48.5 Å². The normalized spacial score (nSPS) is 24.3. The quantitative estimate of drug-likeness (QED) is 0.486. The van der Waals surface area contributed by atoms with E-state index in [1.165, 1.54) is 6.33 Å². The highest BCUT2D eigenvalue weighted by Gasteiger charge is 2.43. The molecule has 1 aliphatic carbocycles. The molecule has 8 nitrogen and oxygen atoms in total. The molecule has 5 rings (SSSR count). The first-order chi connectivity index (χ1) is 14.1. The highest BCUT2D eigenvalue weighted by Crippen LogP contribution is 2.38. The van der Waals surface area contributed by atoms with Crippen LogP contribution < -0.4 is 10.5 Å².